The first-order valence-corrected chi connectivity index (χ1v) is 25.3. The number of allylic oxidation sites excluding steroid dienone is 1. The van der Waals surface area contributed by atoms with Gasteiger partial charge in [0.05, 0.1) is 0 Å². The molecule has 11 rings (SSSR count). The molecule has 0 saturated heterocycles. The van der Waals surface area contributed by atoms with Gasteiger partial charge in [-0.2, -0.15) is 0 Å². The summed E-state index contributed by atoms with van der Waals surface area (Å²) in [5, 5.41) is 0. The summed E-state index contributed by atoms with van der Waals surface area (Å²) in [5.41, 5.74) is 25.0. The molecule has 8 aromatic carbocycles. The first kappa shape index (κ1) is 45.4. The van der Waals surface area contributed by atoms with Gasteiger partial charge in [-0.1, -0.05) is 191 Å². The van der Waals surface area contributed by atoms with E-state index in [2.05, 4.69) is 280 Å². The van der Waals surface area contributed by atoms with Crippen molar-refractivity contribution in [3.8, 4) is 11.1 Å². The highest BCUT2D eigenvalue weighted by Gasteiger charge is 2.53. The first-order chi connectivity index (χ1) is 33.3. The molecular formula is C66H66BN3. The van der Waals surface area contributed by atoms with E-state index < -0.39 is 0 Å². The van der Waals surface area contributed by atoms with Crippen molar-refractivity contribution in [1.29, 1.82) is 0 Å². The van der Waals surface area contributed by atoms with Gasteiger partial charge in [-0.25, -0.2) is 0 Å². The summed E-state index contributed by atoms with van der Waals surface area (Å²) in [6.45, 7) is 27.8. The van der Waals surface area contributed by atoms with Gasteiger partial charge >= 0.3 is 0 Å². The lowest BCUT2D eigenvalue weighted by atomic mass is 9.30. The van der Waals surface area contributed by atoms with Crippen LogP contribution in [0.4, 0.5) is 45.5 Å². The van der Waals surface area contributed by atoms with Crippen molar-refractivity contribution in [3.05, 3.63) is 221 Å². The number of rotatable bonds is 6. The second-order valence-corrected chi connectivity index (χ2v) is 23.6. The molecule has 0 aromatic heterocycles. The fraction of sp³-hybridized carbons (Fsp3) is 0.242. The molecule has 0 spiro atoms. The van der Waals surface area contributed by atoms with Crippen molar-refractivity contribution in [2.45, 2.75) is 105 Å². The molecule has 70 heavy (non-hydrogen) atoms. The van der Waals surface area contributed by atoms with Crippen LogP contribution in [-0.2, 0) is 21.7 Å². The predicted molar refractivity (Wildman–Crippen MR) is 302 cm³/mol. The number of hydrogen-bond acceptors (Lipinski definition) is 3. The molecule has 3 nitrogen and oxygen atoms in total. The molecule has 0 amide bonds. The predicted octanol–water partition coefficient (Wildman–Crippen LogP) is 16.8. The van der Waals surface area contributed by atoms with Crippen molar-refractivity contribution < 1.29 is 0 Å². The lowest BCUT2D eigenvalue weighted by Gasteiger charge is -2.46. The zero-order valence-corrected chi connectivity index (χ0v) is 43.2. The molecule has 0 radical (unpaired) electrons. The Morgan fingerprint density at radius 1 is 0.443 bits per heavy atom. The van der Waals surface area contributed by atoms with Gasteiger partial charge < -0.3 is 14.7 Å². The van der Waals surface area contributed by atoms with Crippen LogP contribution in [0, 0.1) is 6.92 Å². The molecule has 0 bridgehead atoms. The summed E-state index contributed by atoms with van der Waals surface area (Å²) >= 11 is 0. The molecule has 3 aliphatic rings. The van der Waals surface area contributed by atoms with E-state index in [-0.39, 0.29) is 28.4 Å². The minimum atomic E-state index is -0.268. The molecule has 1 aliphatic carbocycles. The molecule has 2 aliphatic heterocycles. The van der Waals surface area contributed by atoms with Gasteiger partial charge in [0.15, 0.2) is 0 Å². The molecule has 0 unspecified atom stereocenters. The maximum atomic E-state index is 2.62. The van der Waals surface area contributed by atoms with E-state index >= 15 is 0 Å². The summed E-state index contributed by atoms with van der Waals surface area (Å²) in [4.78, 5) is 7.62. The highest BCUT2D eigenvalue weighted by atomic mass is 15.2. The Morgan fingerprint density at radius 3 is 1.54 bits per heavy atom. The van der Waals surface area contributed by atoms with Crippen molar-refractivity contribution in [1.82, 2.24) is 0 Å². The summed E-state index contributed by atoms with van der Waals surface area (Å²) < 4.78 is 0. The summed E-state index contributed by atoms with van der Waals surface area (Å²) in [7, 11) is 0. The smallest absolute Gasteiger partial charge is 0.248 e. The highest BCUT2D eigenvalue weighted by Crippen LogP contribution is 2.56. The van der Waals surface area contributed by atoms with Crippen LogP contribution in [0.1, 0.15) is 110 Å². The van der Waals surface area contributed by atoms with Crippen LogP contribution in [0.5, 0.6) is 0 Å². The fourth-order valence-electron chi connectivity index (χ4n) is 11.6. The number of nitrogens with zero attached hydrogens (tertiary/aromatic N) is 3. The van der Waals surface area contributed by atoms with Crippen molar-refractivity contribution in [2.75, 3.05) is 14.7 Å². The van der Waals surface area contributed by atoms with Crippen LogP contribution < -0.4 is 25.6 Å². The Kier molecular flexibility index (Phi) is 10.6. The normalized spacial score (nSPS) is 14.8. The average Bonchev–Trinajstić information content (AvgIpc) is 3.57. The minimum absolute atomic E-state index is 0.00183. The maximum absolute atomic E-state index is 2.62. The molecule has 0 saturated carbocycles. The van der Waals surface area contributed by atoms with E-state index in [4.69, 9.17) is 0 Å². The number of hydrogen-bond donors (Lipinski definition) is 0. The van der Waals surface area contributed by atoms with Crippen LogP contribution >= 0.6 is 0 Å². The molecule has 348 valence electrons. The maximum Gasteiger partial charge on any atom is 0.248 e. The summed E-state index contributed by atoms with van der Waals surface area (Å²) in [6, 6.07) is 69.3. The lowest BCUT2D eigenvalue weighted by molar-refractivity contribution is 0.590. The number of para-hydroxylation sites is 1. The third-order valence-electron chi connectivity index (χ3n) is 15.4. The number of benzene rings is 8. The van der Waals surface area contributed by atoms with Crippen LogP contribution in [0.3, 0.4) is 0 Å². The van der Waals surface area contributed by atoms with Crippen LogP contribution in [0.2, 0.25) is 0 Å². The van der Waals surface area contributed by atoms with Crippen LogP contribution in [-0.4, -0.2) is 6.71 Å². The largest absolute Gasteiger partial charge is 0.311 e. The summed E-state index contributed by atoms with van der Waals surface area (Å²) in [5.74, 6) is 0. The van der Waals surface area contributed by atoms with E-state index in [1.165, 1.54) is 89.4 Å². The van der Waals surface area contributed by atoms with Crippen molar-refractivity contribution in [3.63, 3.8) is 0 Å². The van der Waals surface area contributed by atoms with E-state index in [1.54, 1.807) is 0 Å². The number of fused-ring (bicyclic) bond motifs is 5. The molecule has 0 atom stereocenters. The molecule has 0 fully saturated rings. The Balaban J connectivity index is 1.16. The SMILES string of the molecule is Cc1cc2c3c(c1)N(c1ccccc1)c1cc(N(c4ccc(C(C)(C)C)cc4)c4ccc(C(C)(C)C)cc4)ccc1B3C1=C(c3ccccc3C1(C)C)N2c1cccc(-c2ccc(C(C)(C)C)cc2)c1. The standard InChI is InChI=1S/C66H66BN3/c1-43-39-58-60-59(40-43)70(52-22-18-19-45(41-52)44-25-27-46(28-26-44)63(2,3)4)61-54-23-16-17-24-55(54)66(11,12)62(61)67(60)56-38-37-53(42-57(56)69(58)49-20-14-13-15-21-49)68(50-33-29-47(30-34-50)64(5,6)7)51-35-31-48(32-36-51)65(8,9)10/h13-42H,1-12H3. The Bertz CT molecular complexity index is 3280. The van der Waals surface area contributed by atoms with Gasteiger partial charge in [0, 0.05) is 62.2 Å². The zero-order valence-electron chi connectivity index (χ0n) is 43.2. The van der Waals surface area contributed by atoms with Crippen LogP contribution in [0.15, 0.2) is 187 Å². The summed E-state index contributed by atoms with van der Waals surface area (Å²) in [6.07, 6.45) is 0. The lowest BCUT2D eigenvalue weighted by Crippen LogP contribution is -2.57. The van der Waals surface area contributed by atoms with Gasteiger partial charge in [-0.05, 0) is 146 Å². The Morgan fingerprint density at radius 2 is 0.957 bits per heavy atom. The Labute approximate surface area is 418 Å². The van der Waals surface area contributed by atoms with Gasteiger partial charge in [-0.15, -0.1) is 0 Å². The van der Waals surface area contributed by atoms with E-state index in [9.17, 15) is 0 Å². The van der Waals surface area contributed by atoms with Gasteiger partial charge in [0.2, 0.25) is 6.71 Å². The molecule has 4 heteroatoms. The molecule has 8 aromatic rings. The van der Waals surface area contributed by atoms with E-state index in [0.29, 0.717) is 0 Å². The minimum Gasteiger partial charge on any atom is -0.311 e. The molecule has 0 N–H and O–H groups in total. The molecule has 2 heterocycles. The average molecular weight is 912 g/mol. The zero-order chi connectivity index (χ0) is 49.1. The van der Waals surface area contributed by atoms with E-state index in [0.717, 1.165) is 22.7 Å². The third-order valence-corrected chi connectivity index (χ3v) is 15.4. The highest BCUT2D eigenvalue weighted by molar-refractivity contribution is 6.96. The van der Waals surface area contributed by atoms with Crippen molar-refractivity contribution in [2.24, 2.45) is 0 Å². The topological polar surface area (TPSA) is 9.72 Å². The number of anilines is 8. The third kappa shape index (κ3) is 7.50. The first-order valence-electron chi connectivity index (χ1n) is 25.3. The second kappa shape index (κ2) is 16.3. The van der Waals surface area contributed by atoms with Crippen molar-refractivity contribution >= 4 is 68.8 Å². The Hall–Kier alpha value is -7.04. The number of aryl methyl sites for hydroxylation is 1. The monoisotopic (exact) mass is 912 g/mol. The molecular weight excluding hydrogens is 846 g/mol. The van der Waals surface area contributed by atoms with Gasteiger partial charge in [0.25, 0.3) is 0 Å². The second-order valence-electron chi connectivity index (χ2n) is 23.6. The van der Waals surface area contributed by atoms with Gasteiger partial charge in [-0.3, -0.25) is 0 Å². The quantitative estimate of drug-likeness (QED) is 0.154. The fourth-order valence-corrected chi connectivity index (χ4v) is 11.6. The van der Waals surface area contributed by atoms with Crippen LogP contribution in [0.25, 0.3) is 16.8 Å². The van der Waals surface area contributed by atoms with Gasteiger partial charge in [0.1, 0.15) is 0 Å². The van der Waals surface area contributed by atoms with E-state index in [1.807, 2.05) is 0 Å².